The minimum absolute atomic E-state index is 0.0333. The molecule has 2 amide bonds. The Kier molecular flexibility index (Phi) is 5.11. The Bertz CT molecular complexity index is 582. The van der Waals surface area contributed by atoms with E-state index >= 15 is 0 Å². The summed E-state index contributed by atoms with van der Waals surface area (Å²) < 4.78 is 21.9. The number of morpholine rings is 1. The lowest BCUT2D eigenvalue weighted by Crippen LogP contribution is -2.57. The zero-order chi connectivity index (χ0) is 17.1. The van der Waals surface area contributed by atoms with Gasteiger partial charge in [0.05, 0.1) is 58.8 Å². The number of amides is 2. The Morgan fingerprint density at radius 1 is 1.25 bits per heavy atom. The van der Waals surface area contributed by atoms with E-state index in [-0.39, 0.29) is 24.3 Å². The van der Waals surface area contributed by atoms with Gasteiger partial charge < -0.3 is 29.2 Å². The van der Waals surface area contributed by atoms with Crippen LogP contribution in [0.15, 0.2) is 18.2 Å². The van der Waals surface area contributed by atoms with Gasteiger partial charge in [-0.05, 0) is 19.1 Å². The van der Waals surface area contributed by atoms with Gasteiger partial charge in [-0.3, -0.25) is 0 Å². The van der Waals surface area contributed by atoms with Gasteiger partial charge in [0.25, 0.3) is 0 Å². The molecule has 2 aliphatic heterocycles. The summed E-state index contributed by atoms with van der Waals surface area (Å²) in [5.74, 6) is 1.41. The average molecular weight is 336 g/mol. The van der Waals surface area contributed by atoms with Crippen molar-refractivity contribution in [2.45, 2.75) is 25.2 Å². The van der Waals surface area contributed by atoms with Crippen molar-refractivity contribution in [1.82, 2.24) is 10.2 Å². The number of urea groups is 1. The van der Waals surface area contributed by atoms with E-state index in [0.717, 1.165) is 11.3 Å². The van der Waals surface area contributed by atoms with Gasteiger partial charge in [0.1, 0.15) is 11.5 Å². The maximum absolute atomic E-state index is 12.6. The van der Waals surface area contributed by atoms with E-state index in [1.807, 2.05) is 25.1 Å². The molecule has 0 aliphatic carbocycles. The number of rotatable bonds is 4. The number of nitrogens with zero attached hydrogens (tertiary/aromatic N) is 1. The Balaban J connectivity index is 1.66. The van der Waals surface area contributed by atoms with Crippen LogP contribution in [0.3, 0.4) is 0 Å². The molecule has 0 radical (unpaired) electrons. The van der Waals surface area contributed by atoms with Crippen molar-refractivity contribution >= 4 is 6.03 Å². The number of nitrogens with one attached hydrogen (secondary N) is 1. The largest absolute Gasteiger partial charge is 0.497 e. The highest BCUT2D eigenvalue weighted by molar-refractivity contribution is 5.75. The predicted molar refractivity (Wildman–Crippen MR) is 87.5 cm³/mol. The number of ether oxygens (including phenoxy) is 4. The van der Waals surface area contributed by atoms with Crippen molar-refractivity contribution in [1.29, 1.82) is 0 Å². The van der Waals surface area contributed by atoms with Gasteiger partial charge in [0, 0.05) is 11.6 Å². The molecule has 7 heteroatoms. The van der Waals surface area contributed by atoms with Crippen LogP contribution in [0.1, 0.15) is 18.5 Å². The molecule has 2 fully saturated rings. The van der Waals surface area contributed by atoms with Crippen molar-refractivity contribution in [2.75, 3.05) is 40.5 Å². The minimum atomic E-state index is -0.183. The molecule has 132 valence electrons. The molecule has 3 rings (SSSR count). The quantitative estimate of drug-likeness (QED) is 0.904. The summed E-state index contributed by atoms with van der Waals surface area (Å²) >= 11 is 0. The molecule has 3 atom stereocenters. The fourth-order valence-electron chi connectivity index (χ4n) is 3.14. The van der Waals surface area contributed by atoms with E-state index < -0.39 is 0 Å². The van der Waals surface area contributed by atoms with Crippen LogP contribution in [0.2, 0.25) is 0 Å². The molecule has 24 heavy (non-hydrogen) atoms. The highest BCUT2D eigenvalue weighted by Gasteiger charge is 2.34. The first-order valence-corrected chi connectivity index (χ1v) is 8.11. The Hall–Kier alpha value is -1.99. The van der Waals surface area contributed by atoms with Gasteiger partial charge in [-0.15, -0.1) is 0 Å². The fraction of sp³-hybridized carbons (Fsp3) is 0.588. The molecule has 1 N–H and O–H groups in total. The van der Waals surface area contributed by atoms with Crippen LogP contribution in [-0.2, 0) is 9.47 Å². The minimum Gasteiger partial charge on any atom is -0.497 e. The second-order valence-corrected chi connectivity index (χ2v) is 6.10. The third kappa shape index (κ3) is 3.57. The van der Waals surface area contributed by atoms with Crippen molar-refractivity contribution in [3.8, 4) is 11.5 Å². The zero-order valence-electron chi connectivity index (χ0n) is 14.3. The summed E-state index contributed by atoms with van der Waals surface area (Å²) in [5, 5.41) is 3.04. The summed E-state index contributed by atoms with van der Waals surface area (Å²) in [4.78, 5) is 14.4. The Morgan fingerprint density at radius 3 is 2.58 bits per heavy atom. The maximum Gasteiger partial charge on any atom is 0.318 e. The first-order valence-electron chi connectivity index (χ1n) is 8.11. The summed E-state index contributed by atoms with van der Waals surface area (Å²) in [6.45, 7) is 4.13. The number of carbonyl (C=O) groups is 1. The van der Waals surface area contributed by atoms with Crippen LogP contribution in [0.25, 0.3) is 0 Å². The van der Waals surface area contributed by atoms with Crippen LogP contribution in [0.5, 0.6) is 11.5 Å². The molecular formula is C17H24N2O5. The van der Waals surface area contributed by atoms with Gasteiger partial charge in [-0.1, -0.05) is 0 Å². The van der Waals surface area contributed by atoms with Crippen LogP contribution < -0.4 is 14.8 Å². The molecule has 0 spiro atoms. The first-order chi connectivity index (χ1) is 11.6. The molecular weight excluding hydrogens is 312 g/mol. The van der Waals surface area contributed by atoms with Crippen LogP contribution in [0.4, 0.5) is 4.79 Å². The topological polar surface area (TPSA) is 69.3 Å². The van der Waals surface area contributed by atoms with Gasteiger partial charge >= 0.3 is 6.03 Å². The molecule has 2 heterocycles. The van der Waals surface area contributed by atoms with Crippen LogP contribution in [-0.4, -0.2) is 63.7 Å². The van der Waals surface area contributed by atoms with Gasteiger partial charge in [-0.2, -0.15) is 0 Å². The summed E-state index contributed by atoms with van der Waals surface area (Å²) in [6.07, 6.45) is -0.0665. The van der Waals surface area contributed by atoms with E-state index in [1.165, 1.54) is 0 Å². The fourth-order valence-corrected chi connectivity index (χ4v) is 3.14. The van der Waals surface area contributed by atoms with Gasteiger partial charge in [-0.25, -0.2) is 4.79 Å². The number of methoxy groups -OCH3 is 2. The third-order valence-corrected chi connectivity index (χ3v) is 4.37. The van der Waals surface area contributed by atoms with E-state index in [1.54, 1.807) is 19.1 Å². The molecule has 2 unspecified atom stereocenters. The summed E-state index contributed by atoms with van der Waals surface area (Å²) in [5.41, 5.74) is 0.906. The summed E-state index contributed by atoms with van der Waals surface area (Å²) in [6, 6.07) is 5.30. The van der Waals surface area contributed by atoms with Crippen LogP contribution >= 0.6 is 0 Å². The number of hydrogen-bond donors (Lipinski definition) is 1. The van der Waals surface area contributed by atoms with Crippen molar-refractivity contribution in [3.05, 3.63) is 23.8 Å². The Morgan fingerprint density at radius 2 is 1.96 bits per heavy atom. The second-order valence-electron chi connectivity index (χ2n) is 6.10. The lowest BCUT2D eigenvalue weighted by Gasteiger charge is -2.41. The highest BCUT2D eigenvalue weighted by Crippen LogP contribution is 2.29. The standard InChI is InChI=1S/C17H24N2O5/c1-11(15-5-4-12(21-2)6-16(15)22-3)18-17(20)19-7-13-9-23-10-14(8-19)24-13/h4-6,11,13-14H,7-10H2,1-3H3,(H,18,20)/t11-,13?,14?/m1/s1. The Labute approximate surface area is 141 Å². The SMILES string of the molecule is COc1ccc([C@@H](C)NC(=O)N2CC3COCC(C2)O3)c(OC)c1. The number of carbonyl (C=O) groups excluding carboxylic acids is 1. The van der Waals surface area contributed by atoms with E-state index in [9.17, 15) is 4.79 Å². The lowest BCUT2D eigenvalue weighted by molar-refractivity contribution is -0.171. The van der Waals surface area contributed by atoms with E-state index in [2.05, 4.69) is 5.32 Å². The zero-order valence-corrected chi connectivity index (χ0v) is 14.3. The summed E-state index contributed by atoms with van der Waals surface area (Å²) in [7, 11) is 3.22. The lowest BCUT2D eigenvalue weighted by atomic mass is 10.1. The first kappa shape index (κ1) is 16.9. The molecule has 0 aromatic heterocycles. The number of hydrogen-bond acceptors (Lipinski definition) is 5. The molecule has 2 saturated heterocycles. The normalized spacial score (nSPS) is 24.2. The molecule has 7 nitrogen and oxygen atoms in total. The number of fused-ring (bicyclic) bond motifs is 2. The number of benzene rings is 1. The second kappa shape index (κ2) is 7.27. The smallest absolute Gasteiger partial charge is 0.318 e. The molecule has 0 saturated carbocycles. The predicted octanol–water partition coefficient (Wildman–Crippen LogP) is 1.57. The molecule has 1 aromatic rings. The maximum atomic E-state index is 12.6. The van der Waals surface area contributed by atoms with Crippen molar-refractivity contribution in [2.24, 2.45) is 0 Å². The van der Waals surface area contributed by atoms with Crippen LogP contribution in [0, 0.1) is 0 Å². The highest BCUT2D eigenvalue weighted by atomic mass is 16.6. The van der Waals surface area contributed by atoms with Gasteiger partial charge in [0.15, 0.2) is 0 Å². The average Bonchev–Trinajstić information content (AvgIpc) is 2.60. The molecule has 1 aromatic carbocycles. The van der Waals surface area contributed by atoms with E-state index in [0.29, 0.717) is 32.1 Å². The third-order valence-electron chi connectivity index (χ3n) is 4.37. The monoisotopic (exact) mass is 336 g/mol. The molecule has 2 bridgehead atoms. The molecule has 2 aliphatic rings. The van der Waals surface area contributed by atoms with Gasteiger partial charge in [0.2, 0.25) is 0 Å². The van der Waals surface area contributed by atoms with Crippen molar-refractivity contribution < 1.29 is 23.7 Å². The van der Waals surface area contributed by atoms with Crippen molar-refractivity contribution in [3.63, 3.8) is 0 Å². The van der Waals surface area contributed by atoms with E-state index in [4.69, 9.17) is 18.9 Å².